The van der Waals surface area contributed by atoms with Crippen LogP contribution in [-0.2, 0) is 13.2 Å². The molecule has 0 saturated heterocycles. The van der Waals surface area contributed by atoms with Gasteiger partial charge in [-0.25, -0.2) is 0 Å². The van der Waals surface area contributed by atoms with Gasteiger partial charge in [0, 0.05) is 12.6 Å². The van der Waals surface area contributed by atoms with Crippen molar-refractivity contribution < 1.29 is 17.9 Å². The fourth-order valence-corrected chi connectivity index (χ4v) is 2.34. The fraction of sp³-hybridized carbons (Fsp3) is 0.308. The van der Waals surface area contributed by atoms with Crippen molar-refractivity contribution in [2.75, 3.05) is 13.4 Å². The second kappa shape index (κ2) is 5.99. The third-order valence-electron chi connectivity index (χ3n) is 3.00. The van der Waals surface area contributed by atoms with Gasteiger partial charge in [0.15, 0.2) is 10.9 Å². The summed E-state index contributed by atoms with van der Waals surface area (Å²) in [6.45, 7) is 0. The highest BCUT2D eigenvalue weighted by atomic mass is 32.2. The molecule has 0 amide bonds. The molecule has 0 fully saturated rings. The SMILES string of the molecule is COc1cc(C(F)(F)F)ccc1-c1nnc(SC)n(C)c1=O. The van der Waals surface area contributed by atoms with Crippen molar-refractivity contribution in [3.63, 3.8) is 0 Å². The highest BCUT2D eigenvalue weighted by Crippen LogP contribution is 2.35. The number of benzene rings is 1. The molecule has 0 aliphatic rings. The predicted octanol–water partition coefficient (Wildman–Crippen LogP) is 2.59. The first-order valence-electron chi connectivity index (χ1n) is 6.03. The van der Waals surface area contributed by atoms with Gasteiger partial charge in [0.1, 0.15) is 5.75 Å². The maximum absolute atomic E-state index is 12.7. The second-order valence-corrected chi connectivity index (χ2v) is 5.09. The molecular weight excluding hydrogens is 319 g/mol. The van der Waals surface area contributed by atoms with E-state index in [1.54, 1.807) is 6.26 Å². The highest BCUT2D eigenvalue weighted by molar-refractivity contribution is 7.98. The van der Waals surface area contributed by atoms with Gasteiger partial charge >= 0.3 is 6.18 Å². The molecule has 5 nitrogen and oxygen atoms in total. The Kier molecular flexibility index (Phi) is 4.45. The molecule has 1 heterocycles. The van der Waals surface area contributed by atoms with Crippen molar-refractivity contribution in [1.29, 1.82) is 0 Å². The zero-order valence-corrected chi connectivity index (χ0v) is 12.7. The Bertz CT molecular complexity index is 759. The molecule has 0 N–H and O–H groups in total. The first kappa shape index (κ1) is 16.3. The van der Waals surface area contributed by atoms with Crippen molar-refractivity contribution in [1.82, 2.24) is 14.8 Å². The minimum atomic E-state index is -4.49. The molecule has 2 rings (SSSR count). The lowest BCUT2D eigenvalue weighted by atomic mass is 10.1. The number of nitrogens with zero attached hydrogens (tertiary/aromatic N) is 3. The number of methoxy groups -OCH3 is 1. The van der Waals surface area contributed by atoms with E-state index < -0.39 is 17.3 Å². The molecule has 22 heavy (non-hydrogen) atoms. The number of ether oxygens (including phenoxy) is 1. The van der Waals surface area contributed by atoms with Gasteiger partial charge in [0.2, 0.25) is 0 Å². The summed E-state index contributed by atoms with van der Waals surface area (Å²) in [5.41, 5.74) is -1.22. The maximum Gasteiger partial charge on any atom is 0.416 e. The monoisotopic (exact) mass is 331 g/mol. The smallest absolute Gasteiger partial charge is 0.416 e. The summed E-state index contributed by atoms with van der Waals surface area (Å²) in [5, 5.41) is 8.10. The van der Waals surface area contributed by atoms with Gasteiger partial charge in [-0.2, -0.15) is 13.2 Å². The minimum Gasteiger partial charge on any atom is -0.496 e. The van der Waals surface area contributed by atoms with Crippen LogP contribution >= 0.6 is 11.8 Å². The number of rotatable bonds is 3. The average Bonchev–Trinajstić information content (AvgIpc) is 2.48. The summed E-state index contributed by atoms with van der Waals surface area (Å²) in [4.78, 5) is 12.3. The fourth-order valence-electron chi connectivity index (χ4n) is 1.86. The zero-order chi connectivity index (χ0) is 16.5. The maximum atomic E-state index is 12.7. The van der Waals surface area contributed by atoms with E-state index in [9.17, 15) is 18.0 Å². The lowest BCUT2D eigenvalue weighted by molar-refractivity contribution is -0.137. The average molecular weight is 331 g/mol. The summed E-state index contributed by atoms with van der Waals surface area (Å²) >= 11 is 1.24. The Hall–Kier alpha value is -2.03. The Morgan fingerprint density at radius 2 is 1.95 bits per heavy atom. The second-order valence-electron chi connectivity index (χ2n) is 4.31. The van der Waals surface area contributed by atoms with E-state index in [4.69, 9.17) is 4.74 Å². The molecule has 1 aromatic carbocycles. The van der Waals surface area contributed by atoms with Crippen LogP contribution in [0.15, 0.2) is 28.2 Å². The highest BCUT2D eigenvalue weighted by Gasteiger charge is 2.31. The largest absolute Gasteiger partial charge is 0.496 e. The first-order valence-corrected chi connectivity index (χ1v) is 7.25. The third kappa shape index (κ3) is 2.94. The molecule has 9 heteroatoms. The van der Waals surface area contributed by atoms with Crippen LogP contribution in [0.2, 0.25) is 0 Å². The van der Waals surface area contributed by atoms with E-state index in [2.05, 4.69) is 10.2 Å². The molecule has 0 radical (unpaired) electrons. The summed E-state index contributed by atoms with van der Waals surface area (Å²) in [5.74, 6) is -0.0851. The van der Waals surface area contributed by atoms with E-state index >= 15 is 0 Å². The van der Waals surface area contributed by atoms with Gasteiger partial charge in [0.25, 0.3) is 5.56 Å². The van der Waals surface area contributed by atoms with Crippen LogP contribution < -0.4 is 10.3 Å². The molecular formula is C13H12F3N3O2S. The summed E-state index contributed by atoms with van der Waals surface area (Å²) in [6.07, 6.45) is -2.76. The first-order chi connectivity index (χ1) is 10.3. The molecule has 0 aliphatic heterocycles. The molecule has 0 bridgehead atoms. The summed E-state index contributed by atoms with van der Waals surface area (Å²) < 4.78 is 44.4. The van der Waals surface area contributed by atoms with Crippen LogP contribution in [0, 0.1) is 0 Å². The molecule has 0 saturated carbocycles. The predicted molar refractivity (Wildman–Crippen MR) is 76.0 cm³/mol. The number of thioether (sulfide) groups is 1. The molecule has 0 spiro atoms. The zero-order valence-electron chi connectivity index (χ0n) is 11.9. The number of aromatic nitrogens is 3. The van der Waals surface area contributed by atoms with Crippen LogP contribution in [0.25, 0.3) is 11.3 Å². The summed E-state index contributed by atoms with van der Waals surface area (Å²) in [7, 11) is 2.75. The number of hydrogen-bond acceptors (Lipinski definition) is 5. The molecule has 0 unspecified atom stereocenters. The van der Waals surface area contributed by atoms with Crippen molar-refractivity contribution in [2.24, 2.45) is 7.05 Å². The Morgan fingerprint density at radius 1 is 1.27 bits per heavy atom. The van der Waals surface area contributed by atoms with E-state index in [0.29, 0.717) is 5.16 Å². The van der Waals surface area contributed by atoms with Crippen LogP contribution in [0.1, 0.15) is 5.56 Å². The van der Waals surface area contributed by atoms with E-state index in [-0.39, 0.29) is 17.0 Å². The third-order valence-corrected chi connectivity index (χ3v) is 3.72. The van der Waals surface area contributed by atoms with Crippen LogP contribution in [0.5, 0.6) is 5.75 Å². The lowest BCUT2D eigenvalue weighted by Gasteiger charge is -2.12. The van der Waals surface area contributed by atoms with Crippen LogP contribution in [-0.4, -0.2) is 28.1 Å². The van der Waals surface area contributed by atoms with Crippen molar-refractivity contribution in [3.8, 4) is 17.0 Å². The number of halogens is 3. The van der Waals surface area contributed by atoms with Crippen molar-refractivity contribution in [2.45, 2.75) is 11.3 Å². The van der Waals surface area contributed by atoms with E-state index in [1.165, 1.54) is 30.5 Å². The van der Waals surface area contributed by atoms with E-state index in [1.807, 2.05) is 0 Å². The van der Waals surface area contributed by atoms with Gasteiger partial charge in [-0.1, -0.05) is 11.8 Å². The Balaban J connectivity index is 2.64. The molecule has 1 aromatic heterocycles. The van der Waals surface area contributed by atoms with Gasteiger partial charge in [-0.05, 0) is 24.5 Å². The minimum absolute atomic E-state index is 0.0640. The summed E-state index contributed by atoms with van der Waals surface area (Å²) in [6, 6.07) is 2.87. The van der Waals surface area contributed by atoms with Crippen molar-refractivity contribution in [3.05, 3.63) is 34.1 Å². The topological polar surface area (TPSA) is 57.0 Å². The van der Waals surface area contributed by atoms with Crippen LogP contribution in [0.4, 0.5) is 13.2 Å². The number of alkyl halides is 3. The Labute approximate surface area is 128 Å². The van der Waals surface area contributed by atoms with Crippen molar-refractivity contribution >= 4 is 11.8 Å². The molecule has 0 atom stereocenters. The lowest BCUT2D eigenvalue weighted by Crippen LogP contribution is -2.23. The number of hydrogen-bond donors (Lipinski definition) is 0. The van der Waals surface area contributed by atoms with Gasteiger partial charge < -0.3 is 4.74 Å². The van der Waals surface area contributed by atoms with Crippen LogP contribution in [0.3, 0.4) is 0 Å². The normalized spacial score (nSPS) is 11.5. The standard InChI is InChI=1S/C13H12F3N3O2S/c1-19-11(20)10(17-18-12(19)22-3)8-5-4-7(13(14,15)16)6-9(8)21-2/h4-6H,1-3H3. The molecule has 118 valence electrons. The molecule has 2 aromatic rings. The van der Waals surface area contributed by atoms with E-state index in [0.717, 1.165) is 18.2 Å². The molecule has 0 aliphatic carbocycles. The quantitative estimate of drug-likeness (QED) is 0.809. The Morgan fingerprint density at radius 3 is 2.50 bits per heavy atom. The van der Waals surface area contributed by atoms with Gasteiger partial charge in [0.05, 0.1) is 12.7 Å². The van der Waals surface area contributed by atoms with Gasteiger partial charge in [-0.3, -0.25) is 9.36 Å². The van der Waals surface area contributed by atoms with Gasteiger partial charge in [-0.15, -0.1) is 10.2 Å².